The van der Waals surface area contributed by atoms with Gasteiger partial charge in [0.05, 0.1) is 5.56 Å². The fraction of sp³-hybridized carbons (Fsp3) is 0.429. The highest BCUT2D eigenvalue weighted by Gasteiger charge is 2.24. The summed E-state index contributed by atoms with van der Waals surface area (Å²) in [6.45, 7) is 0.707. The molecule has 1 aliphatic rings. The lowest BCUT2D eigenvalue weighted by atomic mass is 9.98. The van der Waals surface area contributed by atoms with Gasteiger partial charge in [-0.3, -0.25) is 4.79 Å². The molecule has 0 aliphatic carbocycles. The molecule has 1 aromatic rings. The first-order valence-corrected chi connectivity index (χ1v) is 7.68. The van der Waals surface area contributed by atoms with Crippen LogP contribution in [0.5, 0.6) is 0 Å². The van der Waals surface area contributed by atoms with Crippen molar-refractivity contribution in [1.29, 1.82) is 0 Å². The molecule has 5 heteroatoms. The lowest BCUT2D eigenvalue weighted by Crippen LogP contribution is -2.36. The second kappa shape index (κ2) is 6.10. The number of aromatic carboxylic acids is 1. The highest BCUT2D eigenvalue weighted by molar-refractivity contribution is 7.98. The summed E-state index contributed by atoms with van der Waals surface area (Å²) in [4.78, 5) is 24.7. The molecule has 0 saturated carbocycles. The third-order valence-electron chi connectivity index (χ3n) is 3.26. The molecule has 1 amide bonds. The van der Waals surface area contributed by atoms with Crippen molar-refractivity contribution < 1.29 is 14.7 Å². The van der Waals surface area contributed by atoms with Gasteiger partial charge in [-0.1, -0.05) is 0 Å². The molecule has 0 atom stereocenters. The van der Waals surface area contributed by atoms with Crippen LogP contribution in [0.1, 0.15) is 28.8 Å². The van der Waals surface area contributed by atoms with Crippen molar-refractivity contribution in [2.24, 2.45) is 0 Å². The first-order chi connectivity index (χ1) is 9.13. The zero-order valence-corrected chi connectivity index (χ0v) is 11.7. The predicted octanol–water partition coefficient (Wildman–Crippen LogP) is 2.42. The highest BCUT2D eigenvalue weighted by Crippen LogP contribution is 2.29. The van der Waals surface area contributed by atoms with E-state index in [1.165, 1.54) is 0 Å². The number of benzene rings is 1. The van der Waals surface area contributed by atoms with Gasteiger partial charge in [0.25, 0.3) is 0 Å². The molecule has 0 fully saturated rings. The van der Waals surface area contributed by atoms with Gasteiger partial charge < -0.3 is 10.0 Å². The van der Waals surface area contributed by atoms with Gasteiger partial charge in [0.15, 0.2) is 0 Å². The Morgan fingerprint density at radius 1 is 1.42 bits per heavy atom. The standard InChI is InChI=1S/C14H17NO3S/c1-19-8-2-7-15-12-5-3-11(14(17)18)9-10(12)4-6-13(15)16/h3,5,9H,2,4,6-8H2,1H3,(H,17,18). The first-order valence-electron chi connectivity index (χ1n) is 6.29. The summed E-state index contributed by atoms with van der Waals surface area (Å²) in [5, 5.41) is 8.99. The summed E-state index contributed by atoms with van der Waals surface area (Å²) in [5.74, 6) is 0.233. The van der Waals surface area contributed by atoms with Crippen LogP contribution in [-0.4, -0.2) is 35.5 Å². The lowest BCUT2D eigenvalue weighted by Gasteiger charge is -2.29. The minimum atomic E-state index is -0.923. The van der Waals surface area contributed by atoms with E-state index in [1.807, 2.05) is 6.26 Å². The number of carboxylic acid groups (broad SMARTS) is 1. The monoisotopic (exact) mass is 279 g/mol. The van der Waals surface area contributed by atoms with Gasteiger partial charge in [-0.15, -0.1) is 0 Å². The summed E-state index contributed by atoms with van der Waals surface area (Å²) in [5.41, 5.74) is 2.13. The molecule has 0 saturated heterocycles. The number of carbonyl (C=O) groups is 2. The minimum Gasteiger partial charge on any atom is -0.478 e. The zero-order chi connectivity index (χ0) is 13.8. The Morgan fingerprint density at radius 2 is 2.21 bits per heavy atom. The maximum Gasteiger partial charge on any atom is 0.335 e. The number of hydrogen-bond donors (Lipinski definition) is 1. The molecule has 0 bridgehead atoms. The number of hydrogen-bond acceptors (Lipinski definition) is 3. The molecule has 4 nitrogen and oxygen atoms in total. The van der Waals surface area contributed by atoms with Crippen molar-refractivity contribution in [3.63, 3.8) is 0 Å². The molecular formula is C14H17NO3S. The summed E-state index contributed by atoms with van der Waals surface area (Å²) in [6, 6.07) is 5.02. The molecule has 0 radical (unpaired) electrons. The van der Waals surface area contributed by atoms with Gasteiger partial charge in [-0.25, -0.2) is 4.79 Å². The Hall–Kier alpha value is -1.49. The SMILES string of the molecule is CSCCCN1C(=O)CCc2cc(C(=O)O)ccc21. The number of carboxylic acids is 1. The Morgan fingerprint density at radius 3 is 2.89 bits per heavy atom. The number of fused-ring (bicyclic) bond motifs is 1. The van der Waals surface area contributed by atoms with Gasteiger partial charge >= 0.3 is 5.97 Å². The van der Waals surface area contributed by atoms with Gasteiger partial charge in [0.2, 0.25) is 5.91 Å². The largest absolute Gasteiger partial charge is 0.478 e. The molecule has 19 heavy (non-hydrogen) atoms. The summed E-state index contributed by atoms with van der Waals surface area (Å²) in [6.07, 6.45) is 4.10. The normalized spacial score (nSPS) is 14.4. The lowest BCUT2D eigenvalue weighted by molar-refractivity contribution is -0.118. The molecule has 0 aromatic heterocycles. The number of amides is 1. The molecule has 0 unspecified atom stereocenters. The average molecular weight is 279 g/mol. The van der Waals surface area contributed by atoms with Crippen molar-refractivity contribution in [2.45, 2.75) is 19.3 Å². The van der Waals surface area contributed by atoms with Crippen molar-refractivity contribution in [3.05, 3.63) is 29.3 Å². The molecule has 102 valence electrons. The summed E-state index contributed by atoms with van der Waals surface area (Å²) >= 11 is 1.76. The topological polar surface area (TPSA) is 57.6 Å². The van der Waals surface area contributed by atoms with Crippen LogP contribution >= 0.6 is 11.8 Å². The van der Waals surface area contributed by atoms with E-state index >= 15 is 0 Å². The number of thioether (sulfide) groups is 1. The molecule has 1 heterocycles. The summed E-state index contributed by atoms with van der Waals surface area (Å²) < 4.78 is 0. The van der Waals surface area contributed by atoms with Crippen molar-refractivity contribution >= 4 is 29.3 Å². The Bertz CT molecular complexity index is 501. The molecule has 1 N–H and O–H groups in total. The van der Waals surface area contributed by atoms with Crippen LogP contribution in [0, 0.1) is 0 Å². The molecule has 1 aromatic carbocycles. The van der Waals surface area contributed by atoms with E-state index in [-0.39, 0.29) is 11.5 Å². The van der Waals surface area contributed by atoms with Crippen molar-refractivity contribution in [2.75, 3.05) is 23.5 Å². The Labute approximate surface area is 116 Å². The van der Waals surface area contributed by atoms with E-state index in [2.05, 4.69) is 0 Å². The van der Waals surface area contributed by atoms with Crippen LogP contribution in [0.2, 0.25) is 0 Å². The summed E-state index contributed by atoms with van der Waals surface area (Å²) in [7, 11) is 0. The second-order valence-electron chi connectivity index (χ2n) is 4.54. The maximum absolute atomic E-state index is 12.0. The number of aryl methyl sites for hydroxylation is 1. The molecule has 0 spiro atoms. The van der Waals surface area contributed by atoms with Crippen LogP contribution in [-0.2, 0) is 11.2 Å². The van der Waals surface area contributed by atoms with Gasteiger partial charge in [-0.2, -0.15) is 11.8 Å². The fourth-order valence-electron chi connectivity index (χ4n) is 2.31. The van der Waals surface area contributed by atoms with Crippen molar-refractivity contribution in [1.82, 2.24) is 0 Å². The first kappa shape index (κ1) is 13.9. The molecular weight excluding hydrogens is 262 g/mol. The number of rotatable bonds is 5. The van der Waals surface area contributed by atoms with Crippen LogP contribution in [0.25, 0.3) is 0 Å². The van der Waals surface area contributed by atoms with Crippen LogP contribution in [0.3, 0.4) is 0 Å². The molecule has 1 aliphatic heterocycles. The van der Waals surface area contributed by atoms with E-state index in [0.29, 0.717) is 19.4 Å². The van der Waals surface area contributed by atoms with E-state index in [1.54, 1.807) is 34.9 Å². The minimum absolute atomic E-state index is 0.136. The third-order valence-corrected chi connectivity index (χ3v) is 3.95. The van der Waals surface area contributed by atoms with Crippen LogP contribution in [0.15, 0.2) is 18.2 Å². The second-order valence-corrected chi connectivity index (χ2v) is 5.53. The average Bonchev–Trinajstić information content (AvgIpc) is 2.40. The number of nitrogens with zero attached hydrogens (tertiary/aromatic N) is 1. The van der Waals surface area contributed by atoms with E-state index in [9.17, 15) is 9.59 Å². The van der Waals surface area contributed by atoms with Gasteiger partial charge in [0.1, 0.15) is 0 Å². The van der Waals surface area contributed by atoms with E-state index < -0.39 is 5.97 Å². The smallest absolute Gasteiger partial charge is 0.335 e. The Kier molecular flexibility index (Phi) is 4.47. The van der Waals surface area contributed by atoms with Crippen molar-refractivity contribution in [3.8, 4) is 0 Å². The van der Waals surface area contributed by atoms with Gasteiger partial charge in [-0.05, 0) is 48.6 Å². The van der Waals surface area contributed by atoms with Crippen LogP contribution in [0.4, 0.5) is 5.69 Å². The zero-order valence-electron chi connectivity index (χ0n) is 10.9. The van der Waals surface area contributed by atoms with E-state index in [0.717, 1.165) is 23.4 Å². The maximum atomic E-state index is 12.0. The fourth-order valence-corrected chi connectivity index (χ4v) is 2.72. The predicted molar refractivity (Wildman–Crippen MR) is 77.1 cm³/mol. The van der Waals surface area contributed by atoms with E-state index in [4.69, 9.17) is 5.11 Å². The third kappa shape index (κ3) is 3.10. The highest BCUT2D eigenvalue weighted by atomic mass is 32.2. The number of anilines is 1. The molecule has 2 rings (SSSR count). The Balaban J connectivity index is 2.23. The van der Waals surface area contributed by atoms with Crippen LogP contribution < -0.4 is 4.90 Å². The van der Waals surface area contributed by atoms with Gasteiger partial charge in [0, 0.05) is 18.7 Å². The quantitative estimate of drug-likeness (QED) is 0.841. The number of carbonyl (C=O) groups excluding carboxylic acids is 1.